The van der Waals surface area contributed by atoms with Crippen LogP contribution >= 0.6 is 11.6 Å². The number of carboxylic acid groups (broad SMARTS) is 1. The minimum atomic E-state index is -1.08. The summed E-state index contributed by atoms with van der Waals surface area (Å²) in [5.74, 6) is -2.61. The maximum atomic E-state index is 14.8. The molecule has 3 aromatic rings. The Hall–Kier alpha value is -4.52. The van der Waals surface area contributed by atoms with Gasteiger partial charge in [-0.2, -0.15) is 0 Å². The molecule has 4 aliphatic heterocycles. The molecule has 2 saturated heterocycles. The van der Waals surface area contributed by atoms with Crippen LogP contribution in [-0.2, 0) is 25.6 Å². The molecule has 0 radical (unpaired) electrons. The first-order valence-electron chi connectivity index (χ1n) is 15.6. The third-order valence-electron chi connectivity index (χ3n) is 9.33. The molecule has 2 fully saturated rings. The molecule has 0 aliphatic carbocycles. The number of carbonyl (C=O) groups excluding carboxylic acids is 2. The summed E-state index contributed by atoms with van der Waals surface area (Å²) in [6.45, 7) is 5.27. The van der Waals surface area contributed by atoms with Crippen LogP contribution < -0.4 is 10.2 Å². The molecular formula is C34H33ClFN5O6. The summed E-state index contributed by atoms with van der Waals surface area (Å²) in [5.41, 5.74) is 3.65. The minimum Gasteiger partial charge on any atom is -0.478 e. The topological polar surface area (TPSA) is 124 Å². The maximum Gasteiger partial charge on any atom is 0.335 e. The molecule has 0 bridgehead atoms. The number of hydrogen-bond donors (Lipinski definition) is 2. The number of oxime groups is 1. The lowest BCUT2D eigenvalue weighted by Gasteiger charge is -2.44. The highest BCUT2D eigenvalue weighted by Gasteiger charge is 2.42. The zero-order valence-electron chi connectivity index (χ0n) is 25.4. The average molecular weight is 662 g/mol. The summed E-state index contributed by atoms with van der Waals surface area (Å²) in [5, 5.41) is 16.1. The third kappa shape index (κ3) is 6.04. The van der Waals surface area contributed by atoms with Crippen molar-refractivity contribution in [3.8, 4) is 0 Å². The normalized spacial score (nSPS) is 21.4. The number of anilines is 2. The Morgan fingerprint density at radius 3 is 2.40 bits per heavy atom. The number of carboxylic acids is 1. The van der Waals surface area contributed by atoms with Crippen molar-refractivity contribution in [1.82, 2.24) is 9.80 Å². The fourth-order valence-electron chi connectivity index (χ4n) is 6.72. The van der Waals surface area contributed by atoms with Crippen molar-refractivity contribution in [2.24, 2.45) is 5.16 Å². The monoisotopic (exact) mass is 661 g/mol. The zero-order valence-corrected chi connectivity index (χ0v) is 26.2. The Morgan fingerprint density at radius 1 is 0.957 bits per heavy atom. The lowest BCUT2D eigenvalue weighted by Crippen LogP contribution is -2.57. The van der Waals surface area contributed by atoms with E-state index in [0.717, 1.165) is 50.6 Å². The number of benzene rings is 3. The number of halogens is 2. The molecule has 4 heterocycles. The van der Waals surface area contributed by atoms with E-state index in [-0.39, 0.29) is 34.8 Å². The second kappa shape index (κ2) is 12.9. The summed E-state index contributed by atoms with van der Waals surface area (Å²) in [7, 11) is 0. The van der Waals surface area contributed by atoms with E-state index in [0.29, 0.717) is 23.7 Å². The first-order chi connectivity index (χ1) is 22.8. The summed E-state index contributed by atoms with van der Waals surface area (Å²) in [4.78, 5) is 51.4. The predicted molar refractivity (Wildman–Crippen MR) is 172 cm³/mol. The molecule has 11 nitrogen and oxygen atoms in total. The molecule has 13 heteroatoms. The molecule has 2 N–H and O–H groups in total. The van der Waals surface area contributed by atoms with E-state index < -0.39 is 35.7 Å². The van der Waals surface area contributed by atoms with Crippen molar-refractivity contribution in [3.05, 3.63) is 93.8 Å². The van der Waals surface area contributed by atoms with Gasteiger partial charge in [0.2, 0.25) is 6.10 Å². The molecule has 0 unspecified atom stereocenters. The van der Waals surface area contributed by atoms with E-state index in [1.54, 1.807) is 6.07 Å². The van der Waals surface area contributed by atoms with Gasteiger partial charge in [-0.05, 0) is 60.0 Å². The van der Waals surface area contributed by atoms with Crippen LogP contribution in [0.15, 0.2) is 65.8 Å². The van der Waals surface area contributed by atoms with Gasteiger partial charge in [-0.25, -0.2) is 9.18 Å². The molecule has 4 aliphatic rings. The zero-order chi connectivity index (χ0) is 32.7. The summed E-state index contributed by atoms with van der Waals surface area (Å²) < 4.78 is 20.1. The van der Waals surface area contributed by atoms with Crippen LogP contribution in [0.2, 0.25) is 5.02 Å². The lowest BCUT2D eigenvalue weighted by molar-refractivity contribution is -0.148. The molecule has 244 valence electrons. The highest BCUT2D eigenvalue weighted by atomic mass is 35.5. The van der Waals surface area contributed by atoms with Crippen molar-refractivity contribution in [2.75, 3.05) is 56.2 Å². The second-order valence-corrected chi connectivity index (χ2v) is 12.5. The summed E-state index contributed by atoms with van der Waals surface area (Å²) >= 11 is 5.97. The van der Waals surface area contributed by atoms with E-state index in [2.05, 4.69) is 26.3 Å². The van der Waals surface area contributed by atoms with Crippen LogP contribution in [0.5, 0.6) is 0 Å². The van der Waals surface area contributed by atoms with Crippen molar-refractivity contribution in [1.29, 1.82) is 0 Å². The van der Waals surface area contributed by atoms with Gasteiger partial charge in [0.1, 0.15) is 6.04 Å². The lowest BCUT2D eigenvalue weighted by atomic mass is 9.89. The number of nitrogens with one attached hydrogen (secondary N) is 1. The first kappa shape index (κ1) is 31.1. The first-order valence-corrected chi connectivity index (χ1v) is 16.0. The van der Waals surface area contributed by atoms with E-state index in [9.17, 15) is 23.9 Å². The fraction of sp³-hybridized carbons (Fsp3) is 0.353. The fourth-order valence-corrected chi connectivity index (χ4v) is 6.89. The highest BCUT2D eigenvalue weighted by Crippen LogP contribution is 2.38. The Morgan fingerprint density at radius 2 is 1.70 bits per heavy atom. The molecule has 0 spiro atoms. The van der Waals surface area contributed by atoms with Gasteiger partial charge in [0.05, 0.1) is 35.6 Å². The van der Waals surface area contributed by atoms with Crippen molar-refractivity contribution < 1.29 is 33.5 Å². The van der Waals surface area contributed by atoms with Crippen LogP contribution in [0.25, 0.3) is 0 Å². The van der Waals surface area contributed by atoms with Crippen LogP contribution in [0, 0.1) is 5.82 Å². The number of amides is 2. The molecule has 47 heavy (non-hydrogen) atoms. The van der Waals surface area contributed by atoms with Gasteiger partial charge < -0.3 is 29.8 Å². The van der Waals surface area contributed by atoms with Gasteiger partial charge in [0.15, 0.2) is 5.82 Å². The number of nitrogens with zero attached hydrogens (tertiary/aromatic N) is 4. The van der Waals surface area contributed by atoms with Gasteiger partial charge in [-0.15, -0.1) is 0 Å². The molecule has 0 saturated carbocycles. The number of fused-ring (bicyclic) bond motifs is 1. The van der Waals surface area contributed by atoms with E-state index in [4.69, 9.17) is 21.2 Å². The van der Waals surface area contributed by atoms with E-state index >= 15 is 0 Å². The largest absolute Gasteiger partial charge is 0.478 e. The highest BCUT2D eigenvalue weighted by molar-refractivity contribution is 6.31. The average Bonchev–Trinajstić information content (AvgIpc) is 3.55. The standard InChI is InChI=1S/C34H33ClFN5O6/c35-26-5-1-4-25(30(26)36)27-17-29(47-38-27)33(43)41-12-11-23-24(31(41)32(42)37-21-9-7-20(8-10-21)34(44)45)3-2-6-28(23)40-15-13-39(14-16-40)22-18-46-19-22/h1-10,22,29,31H,11-19H2,(H,37,42)(H,44,45)/t29-,31-/m1/s1. The number of aromatic carboxylic acids is 1. The predicted octanol–water partition coefficient (Wildman–Crippen LogP) is 3.96. The Bertz CT molecular complexity index is 1740. The molecular weight excluding hydrogens is 629 g/mol. The van der Waals surface area contributed by atoms with Crippen LogP contribution in [-0.4, -0.2) is 96.5 Å². The van der Waals surface area contributed by atoms with Gasteiger partial charge in [-0.3, -0.25) is 14.5 Å². The number of carbonyl (C=O) groups is 3. The Kier molecular flexibility index (Phi) is 8.56. The Labute approximate surface area is 275 Å². The van der Waals surface area contributed by atoms with Crippen molar-refractivity contribution in [2.45, 2.75) is 31.0 Å². The number of hydrogen-bond acceptors (Lipinski definition) is 8. The number of piperazine rings is 1. The molecule has 0 aromatic heterocycles. The summed E-state index contributed by atoms with van der Waals surface area (Å²) in [6, 6.07) is 15.7. The molecule has 3 aromatic carbocycles. The van der Waals surface area contributed by atoms with E-state index in [1.165, 1.54) is 41.3 Å². The van der Waals surface area contributed by atoms with Gasteiger partial charge in [0, 0.05) is 56.1 Å². The van der Waals surface area contributed by atoms with Crippen LogP contribution in [0.3, 0.4) is 0 Å². The number of ether oxygens (including phenoxy) is 1. The molecule has 2 atom stereocenters. The van der Waals surface area contributed by atoms with Gasteiger partial charge in [0.25, 0.3) is 11.8 Å². The summed E-state index contributed by atoms with van der Waals surface area (Å²) in [6.07, 6.45) is -0.517. The van der Waals surface area contributed by atoms with E-state index in [1.807, 2.05) is 12.1 Å². The van der Waals surface area contributed by atoms with Gasteiger partial charge in [-0.1, -0.05) is 35.0 Å². The van der Waals surface area contributed by atoms with Crippen LogP contribution in [0.4, 0.5) is 15.8 Å². The Balaban J connectivity index is 1.16. The SMILES string of the molecule is O=C(O)c1ccc(NC(=O)[C@H]2c3cccc(N4CCN(C5COC5)CC4)c3CCN2C(=O)[C@H]2CC(c3cccc(Cl)c3F)=NO2)cc1. The van der Waals surface area contributed by atoms with Crippen LogP contribution in [0.1, 0.15) is 39.5 Å². The second-order valence-electron chi connectivity index (χ2n) is 12.1. The maximum absolute atomic E-state index is 14.8. The molecule has 2 amide bonds. The minimum absolute atomic E-state index is 0.0147. The number of rotatable bonds is 7. The quantitative estimate of drug-likeness (QED) is 0.390. The smallest absolute Gasteiger partial charge is 0.335 e. The molecule has 7 rings (SSSR count). The third-order valence-corrected chi connectivity index (χ3v) is 9.62. The van der Waals surface area contributed by atoms with Gasteiger partial charge >= 0.3 is 5.97 Å². The van der Waals surface area contributed by atoms with Crippen molar-refractivity contribution in [3.63, 3.8) is 0 Å². The van der Waals surface area contributed by atoms with Crippen molar-refractivity contribution >= 4 is 46.5 Å².